The van der Waals surface area contributed by atoms with E-state index in [2.05, 4.69) is 60.6 Å². The van der Waals surface area contributed by atoms with Crippen LogP contribution in [-0.2, 0) is 20.8 Å². The van der Waals surface area contributed by atoms with Gasteiger partial charge in [-0.25, -0.2) is 9.98 Å². The Bertz CT molecular complexity index is 762. The summed E-state index contributed by atoms with van der Waals surface area (Å²) in [5.41, 5.74) is 0.918. The van der Waals surface area contributed by atoms with Crippen molar-refractivity contribution in [2.24, 2.45) is 26.2 Å². The Balaban J connectivity index is 1.65. The van der Waals surface area contributed by atoms with Crippen LogP contribution < -0.4 is 0 Å². The van der Waals surface area contributed by atoms with Crippen LogP contribution in [0.15, 0.2) is 40.3 Å². The zero-order valence-electron chi connectivity index (χ0n) is 21.1. The summed E-state index contributed by atoms with van der Waals surface area (Å²) < 4.78 is 18.3. The summed E-state index contributed by atoms with van der Waals surface area (Å²) in [6, 6.07) is 10.6. The van der Waals surface area contributed by atoms with Crippen LogP contribution >= 0.6 is 0 Å². The van der Waals surface area contributed by atoms with Crippen LogP contribution in [0.5, 0.6) is 0 Å². The molecule has 0 fully saturated rings. The first-order valence-electron chi connectivity index (χ1n) is 12.0. The summed E-state index contributed by atoms with van der Waals surface area (Å²) in [6.45, 7) is 18.1. The van der Waals surface area contributed by atoms with E-state index in [9.17, 15) is 0 Å². The molecule has 0 saturated heterocycles. The first kappa shape index (κ1) is 24.8. The molecule has 5 nitrogen and oxygen atoms in total. The minimum Gasteiger partial charge on any atom is -0.478 e. The fraction of sp³-hybridized carbons (Fsp3) is 0.704. The number of nitrogens with zero attached hydrogens (tertiary/aromatic N) is 2. The average molecular weight is 443 g/mol. The minimum absolute atomic E-state index is 0.0697. The van der Waals surface area contributed by atoms with E-state index in [0.717, 1.165) is 37.7 Å². The van der Waals surface area contributed by atoms with Crippen molar-refractivity contribution in [3.05, 3.63) is 35.9 Å². The van der Waals surface area contributed by atoms with Gasteiger partial charge >= 0.3 is 0 Å². The summed E-state index contributed by atoms with van der Waals surface area (Å²) in [7, 11) is 0. The molecule has 2 heterocycles. The smallest absolute Gasteiger partial charge is 0.199 e. The summed E-state index contributed by atoms with van der Waals surface area (Å²) in [4.78, 5) is 10.0. The Kier molecular flexibility index (Phi) is 7.69. The molecule has 32 heavy (non-hydrogen) atoms. The van der Waals surface area contributed by atoms with Gasteiger partial charge in [0.15, 0.2) is 11.8 Å². The molecule has 1 aromatic carbocycles. The number of unbranched alkanes of at least 4 members (excludes halogenated alkanes) is 1. The molecule has 1 aromatic rings. The first-order valence-corrected chi connectivity index (χ1v) is 12.0. The van der Waals surface area contributed by atoms with Crippen molar-refractivity contribution in [1.29, 1.82) is 0 Å². The van der Waals surface area contributed by atoms with Crippen molar-refractivity contribution in [3.63, 3.8) is 0 Å². The summed E-state index contributed by atoms with van der Waals surface area (Å²) in [6.07, 6.45) is 2.86. The largest absolute Gasteiger partial charge is 0.478 e. The molecule has 0 saturated carbocycles. The van der Waals surface area contributed by atoms with E-state index in [0.29, 0.717) is 19.8 Å². The molecule has 0 N–H and O–H groups in total. The number of hydrogen-bond acceptors (Lipinski definition) is 5. The third kappa shape index (κ3) is 6.12. The summed E-state index contributed by atoms with van der Waals surface area (Å²) in [5, 5.41) is 0. The number of ether oxygens (including phenoxy) is 3. The number of rotatable bonds is 9. The van der Waals surface area contributed by atoms with Crippen LogP contribution in [0.1, 0.15) is 73.3 Å². The Labute approximate surface area is 194 Å². The second-order valence-electron chi connectivity index (χ2n) is 11.6. The molecule has 0 amide bonds. The highest BCUT2D eigenvalue weighted by atomic mass is 16.5. The summed E-state index contributed by atoms with van der Waals surface area (Å²) in [5.74, 6) is 1.58. The molecule has 0 aromatic heterocycles. The maximum Gasteiger partial charge on any atom is 0.199 e. The van der Waals surface area contributed by atoms with Gasteiger partial charge in [-0.2, -0.15) is 0 Å². The van der Waals surface area contributed by atoms with Crippen molar-refractivity contribution in [3.8, 4) is 0 Å². The fourth-order valence-corrected chi connectivity index (χ4v) is 3.99. The van der Waals surface area contributed by atoms with E-state index in [1.165, 1.54) is 5.56 Å². The highest BCUT2D eigenvalue weighted by molar-refractivity contribution is 6.05. The second kappa shape index (κ2) is 9.94. The van der Waals surface area contributed by atoms with Crippen LogP contribution in [-0.4, -0.2) is 43.7 Å². The quantitative estimate of drug-likeness (QED) is 0.436. The predicted molar refractivity (Wildman–Crippen MR) is 131 cm³/mol. The third-order valence-electron chi connectivity index (χ3n) is 6.57. The van der Waals surface area contributed by atoms with E-state index in [1.54, 1.807) is 0 Å². The zero-order valence-corrected chi connectivity index (χ0v) is 21.1. The Morgan fingerprint density at radius 2 is 1.34 bits per heavy atom. The molecule has 5 heteroatoms. The van der Waals surface area contributed by atoms with Gasteiger partial charge in [0, 0.05) is 6.61 Å². The maximum absolute atomic E-state index is 6.18. The third-order valence-corrected chi connectivity index (χ3v) is 6.57. The van der Waals surface area contributed by atoms with Crippen LogP contribution in [0, 0.1) is 16.2 Å². The number of benzene rings is 1. The number of aliphatic imine (C=N–C) groups is 2. The van der Waals surface area contributed by atoms with Crippen molar-refractivity contribution in [2.45, 2.75) is 86.4 Å². The van der Waals surface area contributed by atoms with Gasteiger partial charge in [0.2, 0.25) is 0 Å². The fourth-order valence-electron chi connectivity index (χ4n) is 3.99. The molecule has 0 spiro atoms. The highest BCUT2D eigenvalue weighted by Crippen LogP contribution is 2.39. The van der Waals surface area contributed by atoms with Gasteiger partial charge in [0.25, 0.3) is 0 Å². The Morgan fingerprint density at radius 3 is 1.81 bits per heavy atom. The monoisotopic (exact) mass is 442 g/mol. The summed E-state index contributed by atoms with van der Waals surface area (Å²) >= 11 is 0. The zero-order chi connectivity index (χ0) is 23.4. The van der Waals surface area contributed by atoms with Gasteiger partial charge < -0.3 is 14.2 Å². The lowest BCUT2D eigenvalue weighted by atomic mass is 9.83. The molecule has 2 aliphatic heterocycles. The molecule has 0 unspecified atom stereocenters. The first-order chi connectivity index (χ1) is 15.0. The van der Waals surface area contributed by atoms with Gasteiger partial charge in [-0.3, -0.25) is 0 Å². The van der Waals surface area contributed by atoms with Crippen molar-refractivity contribution >= 4 is 11.8 Å². The van der Waals surface area contributed by atoms with Crippen molar-refractivity contribution < 1.29 is 14.2 Å². The SMILES string of the molecule is CC(CCCCOCc1ccccc1)(C1=N[C@@H](C(C)(C)C)CO1)C1=N[C@@H](C(C)(C)C)CO1. The lowest BCUT2D eigenvalue weighted by molar-refractivity contribution is 0.115. The lowest BCUT2D eigenvalue weighted by Crippen LogP contribution is -2.37. The molecule has 0 aliphatic carbocycles. The van der Waals surface area contributed by atoms with Gasteiger partial charge in [-0.05, 0) is 42.6 Å². The number of hydrogen-bond donors (Lipinski definition) is 0. The molecular weight excluding hydrogens is 400 g/mol. The molecule has 178 valence electrons. The van der Waals surface area contributed by atoms with Crippen molar-refractivity contribution in [2.75, 3.05) is 19.8 Å². The van der Waals surface area contributed by atoms with Crippen LogP contribution in [0.3, 0.4) is 0 Å². The van der Waals surface area contributed by atoms with Gasteiger partial charge in [-0.15, -0.1) is 0 Å². The lowest BCUT2D eigenvalue weighted by Gasteiger charge is -2.28. The van der Waals surface area contributed by atoms with E-state index < -0.39 is 5.41 Å². The highest BCUT2D eigenvalue weighted by Gasteiger charge is 2.47. The second-order valence-corrected chi connectivity index (χ2v) is 11.6. The minimum atomic E-state index is -0.431. The molecule has 0 radical (unpaired) electrons. The van der Waals surface area contributed by atoms with E-state index >= 15 is 0 Å². The maximum atomic E-state index is 6.18. The molecule has 3 rings (SSSR count). The van der Waals surface area contributed by atoms with Gasteiger partial charge in [0.05, 0.1) is 18.7 Å². The van der Waals surface area contributed by atoms with Crippen LogP contribution in [0.2, 0.25) is 0 Å². The Morgan fingerprint density at radius 1 is 0.812 bits per heavy atom. The molecule has 2 aliphatic rings. The average Bonchev–Trinajstić information content (AvgIpc) is 3.41. The van der Waals surface area contributed by atoms with Crippen molar-refractivity contribution in [1.82, 2.24) is 0 Å². The standard InChI is InChI=1S/C27H42N2O3/c1-25(2,3)21-18-31-23(28-21)27(7,24-29-22(19-32-24)26(4,5)6)15-11-12-16-30-17-20-13-9-8-10-14-20/h8-10,13-14,21-22H,11-12,15-19H2,1-7H3/t21-,22-/m1/s1. The van der Waals surface area contributed by atoms with Crippen LogP contribution in [0.25, 0.3) is 0 Å². The van der Waals surface area contributed by atoms with Crippen LogP contribution in [0.4, 0.5) is 0 Å². The normalized spacial score (nSPS) is 21.7. The van der Waals surface area contributed by atoms with Gasteiger partial charge in [0.1, 0.15) is 18.6 Å². The van der Waals surface area contributed by atoms with Gasteiger partial charge in [-0.1, -0.05) is 71.9 Å². The van der Waals surface area contributed by atoms with E-state index in [-0.39, 0.29) is 22.9 Å². The van der Waals surface area contributed by atoms with E-state index in [4.69, 9.17) is 24.2 Å². The molecule has 0 bridgehead atoms. The molecular formula is C27H42N2O3. The topological polar surface area (TPSA) is 52.4 Å². The predicted octanol–water partition coefficient (Wildman–Crippen LogP) is 6.07. The van der Waals surface area contributed by atoms with E-state index in [1.807, 2.05) is 18.2 Å². The Hall–Kier alpha value is -1.88. The molecule has 2 atom stereocenters.